The van der Waals surface area contributed by atoms with Gasteiger partial charge in [0, 0.05) is 22.3 Å². The summed E-state index contributed by atoms with van der Waals surface area (Å²) in [5.41, 5.74) is 0.661. The molecular weight excluding hydrogens is 274 g/mol. The summed E-state index contributed by atoms with van der Waals surface area (Å²) in [6.45, 7) is 0.390. The van der Waals surface area contributed by atoms with E-state index in [1.165, 1.54) is 4.90 Å². The van der Waals surface area contributed by atoms with Crippen LogP contribution >= 0.6 is 11.8 Å². The number of benzene rings is 1. The quantitative estimate of drug-likeness (QED) is 0.362. The molecule has 0 aromatic heterocycles. The molecule has 106 valence electrons. The third-order valence-electron chi connectivity index (χ3n) is 3.01. The monoisotopic (exact) mass is 291 g/mol. The van der Waals surface area contributed by atoms with Crippen molar-refractivity contribution in [2.75, 3.05) is 12.4 Å². The molecule has 0 bridgehead atoms. The molecule has 0 aliphatic heterocycles. The lowest BCUT2D eigenvalue weighted by Crippen LogP contribution is -2.25. The molecule has 1 aliphatic carbocycles. The first kappa shape index (κ1) is 14.7. The Hall–Kier alpha value is -1.75. The maximum Gasteiger partial charge on any atom is 0.333 e. The van der Waals surface area contributed by atoms with Crippen LogP contribution in [-0.2, 0) is 14.3 Å². The molecular formula is C15H17NO3S. The largest absolute Gasteiger partial charge is 0.461 e. The van der Waals surface area contributed by atoms with Gasteiger partial charge in [0.2, 0.25) is 6.41 Å². The van der Waals surface area contributed by atoms with Crippen LogP contribution in [0.25, 0.3) is 0 Å². The zero-order valence-corrected chi connectivity index (χ0v) is 11.9. The highest BCUT2D eigenvalue weighted by molar-refractivity contribution is 7.99. The molecule has 1 aromatic carbocycles. The van der Waals surface area contributed by atoms with E-state index < -0.39 is 0 Å². The minimum atomic E-state index is -0.270. The van der Waals surface area contributed by atoms with Crippen molar-refractivity contribution < 1.29 is 14.3 Å². The summed E-state index contributed by atoms with van der Waals surface area (Å²) in [4.78, 5) is 23.3. The van der Waals surface area contributed by atoms with Crippen molar-refractivity contribution in [3.05, 3.63) is 42.0 Å². The van der Waals surface area contributed by atoms with Gasteiger partial charge in [0.15, 0.2) is 0 Å². The maximum atomic E-state index is 11.8. The van der Waals surface area contributed by atoms with Gasteiger partial charge in [-0.05, 0) is 25.0 Å². The van der Waals surface area contributed by atoms with Gasteiger partial charge in [0.25, 0.3) is 0 Å². The molecule has 1 unspecified atom stereocenters. The van der Waals surface area contributed by atoms with E-state index >= 15 is 0 Å². The van der Waals surface area contributed by atoms with Crippen molar-refractivity contribution in [3.8, 4) is 0 Å². The summed E-state index contributed by atoms with van der Waals surface area (Å²) < 4.78 is 5.23. The molecule has 0 heterocycles. The Bertz CT molecular complexity index is 487. The summed E-state index contributed by atoms with van der Waals surface area (Å²) in [7, 11) is 0. The van der Waals surface area contributed by atoms with Crippen LogP contribution < -0.4 is 5.32 Å². The van der Waals surface area contributed by atoms with Crippen LogP contribution in [0.15, 0.2) is 46.9 Å². The van der Waals surface area contributed by atoms with Crippen molar-refractivity contribution in [2.24, 2.45) is 0 Å². The average Bonchev–Trinajstić information content (AvgIpc) is 2.94. The van der Waals surface area contributed by atoms with Gasteiger partial charge in [-0.1, -0.05) is 24.3 Å². The molecule has 5 heteroatoms. The van der Waals surface area contributed by atoms with Gasteiger partial charge in [-0.3, -0.25) is 4.79 Å². The fourth-order valence-electron chi connectivity index (χ4n) is 2.01. The lowest BCUT2D eigenvalue weighted by Gasteiger charge is -2.08. The number of hydrogen-bond donors (Lipinski definition) is 1. The lowest BCUT2D eigenvalue weighted by atomic mass is 10.2. The molecule has 0 radical (unpaired) electrons. The average molecular weight is 291 g/mol. The first-order valence-electron chi connectivity index (χ1n) is 6.53. The van der Waals surface area contributed by atoms with Gasteiger partial charge in [0.1, 0.15) is 6.61 Å². The highest BCUT2D eigenvalue weighted by Gasteiger charge is 2.22. The summed E-state index contributed by atoms with van der Waals surface area (Å²) >= 11 is 1.66. The van der Waals surface area contributed by atoms with E-state index in [0.717, 1.165) is 5.75 Å². The first-order chi connectivity index (χ1) is 9.79. The SMILES string of the molecule is O=CNC1CC=C(C(=O)OCCSc2ccccc2)C1. The molecule has 1 N–H and O–H groups in total. The van der Waals surface area contributed by atoms with Crippen LogP contribution in [0, 0.1) is 0 Å². The Labute approximate surface area is 122 Å². The summed E-state index contributed by atoms with van der Waals surface area (Å²) in [6, 6.07) is 10.0. The molecule has 0 fully saturated rings. The van der Waals surface area contributed by atoms with E-state index in [2.05, 4.69) is 5.32 Å². The van der Waals surface area contributed by atoms with Crippen molar-refractivity contribution in [1.29, 1.82) is 0 Å². The van der Waals surface area contributed by atoms with E-state index in [-0.39, 0.29) is 12.0 Å². The number of carbonyl (C=O) groups excluding carboxylic acids is 2. The van der Waals surface area contributed by atoms with Crippen LogP contribution in [0.2, 0.25) is 0 Å². The number of amides is 1. The highest BCUT2D eigenvalue weighted by atomic mass is 32.2. The molecule has 0 saturated carbocycles. The Morgan fingerprint density at radius 3 is 2.95 bits per heavy atom. The van der Waals surface area contributed by atoms with Gasteiger partial charge >= 0.3 is 5.97 Å². The smallest absolute Gasteiger partial charge is 0.333 e. The summed E-state index contributed by atoms with van der Waals surface area (Å²) in [5, 5.41) is 2.67. The van der Waals surface area contributed by atoms with Crippen LogP contribution in [0.1, 0.15) is 12.8 Å². The van der Waals surface area contributed by atoms with Gasteiger partial charge < -0.3 is 10.1 Å². The van der Waals surface area contributed by atoms with Crippen molar-refractivity contribution in [1.82, 2.24) is 5.32 Å². The highest BCUT2D eigenvalue weighted by Crippen LogP contribution is 2.20. The van der Waals surface area contributed by atoms with Crippen LogP contribution in [0.4, 0.5) is 0 Å². The second-order valence-corrected chi connectivity index (χ2v) is 5.62. The number of thioether (sulfide) groups is 1. The topological polar surface area (TPSA) is 55.4 Å². The standard InChI is InChI=1S/C15H17NO3S/c17-11-16-13-7-6-12(10-13)15(18)19-8-9-20-14-4-2-1-3-5-14/h1-6,11,13H,7-10H2,(H,16,17). The predicted octanol–water partition coefficient (Wildman–Crippen LogP) is 2.16. The van der Waals surface area contributed by atoms with Crippen LogP contribution in [-0.4, -0.2) is 30.8 Å². The fourth-order valence-corrected chi connectivity index (χ4v) is 2.76. The lowest BCUT2D eigenvalue weighted by molar-refractivity contribution is -0.138. The minimum Gasteiger partial charge on any atom is -0.461 e. The van der Waals surface area contributed by atoms with Crippen molar-refractivity contribution in [3.63, 3.8) is 0 Å². The van der Waals surface area contributed by atoms with Crippen LogP contribution in [0.3, 0.4) is 0 Å². The molecule has 0 saturated heterocycles. The zero-order chi connectivity index (χ0) is 14.2. The van der Waals surface area contributed by atoms with Gasteiger partial charge in [-0.15, -0.1) is 11.8 Å². The van der Waals surface area contributed by atoms with E-state index in [1.54, 1.807) is 11.8 Å². The van der Waals surface area contributed by atoms with E-state index in [4.69, 9.17) is 4.74 Å². The predicted molar refractivity (Wildman–Crippen MR) is 78.4 cm³/mol. The fraction of sp³-hybridized carbons (Fsp3) is 0.333. The Morgan fingerprint density at radius 1 is 1.40 bits per heavy atom. The van der Waals surface area contributed by atoms with Gasteiger partial charge in [0.05, 0.1) is 0 Å². The Kier molecular flexibility index (Phi) is 5.68. The molecule has 2 rings (SSSR count). The number of esters is 1. The van der Waals surface area contributed by atoms with E-state index in [9.17, 15) is 9.59 Å². The van der Waals surface area contributed by atoms with Crippen LogP contribution in [0.5, 0.6) is 0 Å². The van der Waals surface area contributed by atoms with Gasteiger partial charge in [-0.25, -0.2) is 4.79 Å². The van der Waals surface area contributed by atoms with Crippen molar-refractivity contribution >= 4 is 24.1 Å². The molecule has 20 heavy (non-hydrogen) atoms. The molecule has 4 nitrogen and oxygen atoms in total. The molecule has 1 amide bonds. The third kappa shape index (κ3) is 4.42. The molecule has 1 aromatic rings. The van der Waals surface area contributed by atoms with Crippen molar-refractivity contribution in [2.45, 2.75) is 23.8 Å². The first-order valence-corrected chi connectivity index (χ1v) is 7.52. The molecule has 1 aliphatic rings. The number of nitrogens with one attached hydrogen (secondary N) is 1. The Balaban J connectivity index is 1.65. The summed E-state index contributed by atoms with van der Waals surface area (Å²) in [5.74, 6) is 0.466. The number of ether oxygens (including phenoxy) is 1. The van der Waals surface area contributed by atoms with Gasteiger partial charge in [-0.2, -0.15) is 0 Å². The van der Waals surface area contributed by atoms with E-state index in [0.29, 0.717) is 31.4 Å². The number of rotatable bonds is 7. The summed E-state index contributed by atoms with van der Waals surface area (Å²) in [6.07, 6.45) is 3.77. The second-order valence-electron chi connectivity index (χ2n) is 4.45. The normalized spacial score (nSPS) is 17.4. The second kappa shape index (κ2) is 7.75. The number of carbonyl (C=O) groups is 2. The molecule has 0 spiro atoms. The third-order valence-corrected chi connectivity index (χ3v) is 3.99. The maximum absolute atomic E-state index is 11.8. The number of hydrogen-bond acceptors (Lipinski definition) is 4. The Morgan fingerprint density at radius 2 is 2.20 bits per heavy atom. The minimum absolute atomic E-state index is 0.0359. The van der Waals surface area contributed by atoms with E-state index in [1.807, 2.05) is 36.4 Å². The molecule has 1 atom stereocenters. The zero-order valence-electron chi connectivity index (χ0n) is 11.1.